The zero-order chi connectivity index (χ0) is 11.1. The number of nitrogens with zero attached hydrogens (tertiary/aromatic N) is 1. The predicted octanol–water partition coefficient (Wildman–Crippen LogP) is 3.84. The van der Waals surface area contributed by atoms with E-state index in [1.54, 1.807) is 0 Å². The van der Waals surface area contributed by atoms with E-state index in [1.807, 2.05) is 6.20 Å². The normalized spacial score (nSPS) is 12.0. The molecule has 1 nitrogen and oxygen atoms in total. The first-order valence-electron chi connectivity index (χ1n) is 5.34. The number of fused-ring (bicyclic) bond motifs is 1. The average molecular weight is 199 g/mol. The van der Waals surface area contributed by atoms with Crippen molar-refractivity contribution in [2.24, 2.45) is 0 Å². The number of aryl methyl sites for hydroxylation is 1. The lowest BCUT2D eigenvalue weighted by Gasteiger charge is -2.21. The third kappa shape index (κ3) is 1.87. The number of benzene rings is 1. The maximum absolute atomic E-state index is 4.40. The molecule has 0 fully saturated rings. The summed E-state index contributed by atoms with van der Waals surface area (Å²) in [5.74, 6) is 0. The van der Waals surface area contributed by atoms with Crippen LogP contribution in [0.2, 0.25) is 0 Å². The van der Waals surface area contributed by atoms with Gasteiger partial charge in [0.05, 0.1) is 5.52 Å². The van der Waals surface area contributed by atoms with Gasteiger partial charge in [0.2, 0.25) is 0 Å². The van der Waals surface area contributed by atoms with Crippen molar-refractivity contribution >= 4 is 10.9 Å². The van der Waals surface area contributed by atoms with Crippen molar-refractivity contribution in [3.05, 3.63) is 41.6 Å². The lowest BCUT2D eigenvalue weighted by molar-refractivity contribution is 0.595. The predicted molar refractivity (Wildman–Crippen MR) is 65.2 cm³/mol. The average Bonchev–Trinajstić information content (AvgIpc) is 2.15. The fraction of sp³-hybridized carbons (Fsp3) is 0.357. The molecule has 2 aromatic rings. The third-order valence-corrected chi connectivity index (χ3v) is 2.71. The minimum atomic E-state index is 0.176. The highest BCUT2D eigenvalue weighted by atomic mass is 14.6. The molecule has 0 unspecified atom stereocenters. The first-order chi connectivity index (χ1) is 6.98. The van der Waals surface area contributed by atoms with E-state index in [0.717, 1.165) is 5.52 Å². The van der Waals surface area contributed by atoms with Crippen molar-refractivity contribution in [1.29, 1.82) is 0 Å². The third-order valence-electron chi connectivity index (χ3n) is 2.71. The van der Waals surface area contributed by atoms with E-state index in [4.69, 9.17) is 0 Å². The van der Waals surface area contributed by atoms with Gasteiger partial charge in [0.25, 0.3) is 0 Å². The molecule has 0 saturated carbocycles. The summed E-state index contributed by atoms with van der Waals surface area (Å²) in [6.07, 6.45) is 1.90. The lowest BCUT2D eigenvalue weighted by atomic mass is 9.85. The summed E-state index contributed by atoms with van der Waals surface area (Å²) >= 11 is 0. The van der Waals surface area contributed by atoms with E-state index in [0.29, 0.717) is 0 Å². The van der Waals surface area contributed by atoms with E-state index in [2.05, 4.69) is 56.9 Å². The van der Waals surface area contributed by atoms with Gasteiger partial charge in [0.1, 0.15) is 0 Å². The van der Waals surface area contributed by atoms with Crippen LogP contribution in [0.5, 0.6) is 0 Å². The summed E-state index contributed by atoms with van der Waals surface area (Å²) in [5.41, 5.74) is 3.93. The van der Waals surface area contributed by atoms with E-state index in [-0.39, 0.29) is 5.41 Å². The van der Waals surface area contributed by atoms with Gasteiger partial charge in [-0.2, -0.15) is 0 Å². The van der Waals surface area contributed by atoms with E-state index in [9.17, 15) is 0 Å². The van der Waals surface area contributed by atoms with Crippen LogP contribution in [0.4, 0.5) is 0 Å². The van der Waals surface area contributed by atoms with Crippen LogP contribution >= 0.6 is 0 Å². The molecule has 15 heavy (non-hydrogen) atoms. The Morgan fingerprint density at radius 2 is 1.80 bits per heavy atom. The highest BCUT2D eigenvalue weighted by Gasteiger charge is 2.16. The van der Waals surface area contributed by atoms with Gasteiger partial charge < -0.3 is 0 Å². The van der Waals surface area contributed by atoms with Gasteiger partial charge in [-0.15, -0.1) is 0 Å². The van der Waals surface area contributed by atoms with Gasteiger partial charge >= 0.3 is 0 Å². The Bertz CT molecular complexity index is 492. The summed E-state index contributed by atoms with van der Waals surface area (Å²) in [7, 11) is 0. The molecule has 1 heteroatoms. The van der Waals surface area contributed by atoms with Gasteiger partial charge in [0, 0.05) is 11.6 Å². The zero-order valence-electron chi connectivity index (χ0n) is 9.83. The molecule has 0 spiro atoms. The van der Waals surface area contributed by atoms with E-state index < -0.39 is 0 Å². The number of aromatic nitrogens is 1. The molecule has 0 amide bonds. The molecule has 0 bridgehead atoms. The first kappa shape index (κ1) is 10.2. The number of pyridine rings is 1. The molecule has 0 N–H and O–H groups in total. The molecule has 1 heterocycles. The Morgan fingerprint density at radius 3 is 2.47 bits per heavy atom. The maximum Gasteiger partial charge on any atom is 0.0705 e. The second-order valence-electron chi connectivity index (χ2n) is 5.13. The summed E-state index contributed by atoms with van der Waals surface area (Å²) < 4.78 is 0. The molecule has 0 radical (unpaired) electrons. The first-order valence-corrected chi connectivity index (χ1v) is 5.34. The van der Waals surface area contributed by atoms with Crippen molar-refractivity contribution < 1.29 is 0 Å². The summed E-state index contributed by atoms with van der Waals surface area (Å²) in [5, 5.41) is 1.28. The Labute approximate surface area is 91.2 Å². The van der Waals surface area contributed by atoms with E-state index in [1.165, 1.54) is 16.5 Å². The largest absolute Gasteiger partial charge is 0.256 e. The van der Waals surface area contributed by atoms with Crippen LogP contribution in [-0.4, -0.2) is 4.98 Å². The Morgan fingerprint density at radius 1 is 1.07 bits per heavy atom. The lowest BCUT2D eigenvalue weighted by Crippen LogP contribution is -2.11. The zero-order valence-corrected chi connectivity index (χ0v) is 9.83. The van der Waals surface area contributed by atoms with Gasteiger partial charge in [-0.3, -0.25) is 4.98 Å². The Balaban J connectivity index is 2.80. The summed E-state index contributed by atoms with van der Waals surface area (Å²) in [4.78, 5) is 4.40. The van der Waals surface area contributed by atoms with Crippen molar-refractivity contribution in [3.8, 4) is 0 Å². The van der Waals surface area contributed by atoms with E-state index >= 15 is 0 Å². The molecule has 1 aromatic carbocycles. The monoisotopic (exact) mass is 199 g/mol. The summed E-state index contributed by atoms with van der Waals surface area (Å²) in [6.45, 7) is 8.84. The standard InChI is InChI=1S/C14H17N/c1-10-5-6-13-11(9-10)12(7-8-15-13)14(2,3)4/h5-9H,1-4H3. The molecule has 0 aliphatic heterocycles. The summed E-state index contributed by atoms with van der Waals surface area (Å²) in [6, 6.07) is 8.56. The van der Waals surface area contributed by atoms with Crippen molar-refractivity contribution in [2.45, 2.75) is 33.1 Å². The highest BCUT2D eigenvalue weighted by Crippen LogP contribution is 2.29. The van der Waals surface area contributed by atoms with Gasteiger partial charge in [-0.25, -0.2) is 0 Å². The quantitative estimate of drug-likeness (QED) is 0.628. The molecule has 0 saturated heterocycles. The number of hydrogen-bond acceptors (Lipinski definition) is 1. The van der Waals surface area contributed by atoms with Crippen molar-refractivity contribution in [2.75, 3.05) is 0 Å². The molecule has 0 aliphatic carbocycles. The second-order valence-corrected chi connectivity index (χ2v) is 5.13. The van der Waals surface area contributed by atoms with Crippen LogP contribution in [-0.2, 0) is 5.41 Å². The smallest absolute Gasteiger partial charge is 0.0705 e. The van der Waals surface area contributed by atoms with Crippen LogP contribution < -0.4 is 0 Å². The fourth-order valence-corrected chi connectivity index (χ4v) is 1.91. The van der Waals surface area contributed by atoms with Crippen LogP contribution in [0, 0.1) is 6.92 Å². The second kappa shape index (κ2) is 3.34. The molecule has 2 rings (SSSR count). The Hall–Kier alpha value is -1.37. The maximum atomic E-state index is 4.40. The minimum absolute atomic E-state index is 0.176. The molecule has 0 atom stereocenters. The molecule has 78 valence electrons. The molecule has 0 aliphatic rings. The SMILES string of the molecule is Cc1ccc2nccc(C(C)(C)C)c2c1. The van der Waals surface area contributed by atoms with Gasteiger partial charge in [-0.05, 0) is 36.1 Å². The fourth-order valence-electron chi connectivity index (χ4n) is 1.91. The van der Waals surface area contributed by atoms with Crippen molar-refractivity contribution in [1.82, 2.24) is 4.98 Å². The minimum Gasteiger partial charge on any atom is -0.256 e. The van der Waals surface area contributed by atoms with Crippen LogP contribution in [0.3, 0.4) is 0 Å². The number of hydrogen-bond donors (Lipinski definition) is 0. The highest BCUT2D eigenvalue weighted by molar-refractivity contribution is 5.83. The molecular formula is C14H17N. The van der Waals surface area contributed by atoms with Crippen LogP contribution in [0.15, 0.2) is 30.5 Å². The van der Waals surface area contributed by atoms with Gasteiger partial charge in [-0.1, -0.05) is 32.4 Å². The molecular weight excluding hydrogens is 182 g/mol. The van der Waals surface area contributed by atoms with Crippen LogP contribution in [0.1, 0.15) is 31.9 Å². The Kier molecular flexibility index (Phi) is 2.26. The van der Waals surface area contributed by atoms with Crippen LogP contribution in [0.25, 0.3) is 10.9 Å². The topological polar surface area (TPSA) is 12.9 Å². The molecule has 1 aromatic heterocycles. The van der Waals surface area contributed by atoms with Crippen molar-refractivity contribution in [3.63, 3.8) is 0 Å². The number of rotatable bonds is 0. The van der Waals surface area contributed by atoms with Gasteiger partial charge in [0.15, 0.2) is 0 Å².